The van der Waals surface area contributed by atoms with Crippen LogP contribution in [0.15, 0.2) is 22.8 Å². The van der Waals surface area contributed by atoms with Gasteiger partial charge >= 0.3 is 0 Å². The molecule has 2 aromatic rings. The molecule has 0 aliphatic heterocycles. The molecule has 1 atom stereocenters. The second-order valence-corrected chi connectivity index (χ2v) is 4.41. The quantitative estimate of drug-likeness (QED) is 0.897. The van der Waals surface area contributed by atoms with Crippen molar-refractivity contribution in [2.75, 3.05) is 0 Å². The summed E-state index contributed by atoms with van der Waals surface area (Å²) in [5, 5.41) is 7.50. The summed E-state index contributed by atoms with van der Waals surface area (Å²) in [6.07, 6.45) is 0. The van der Waals surface area contributed by atoms with Crippen LogP contribution in [0.5, 0.6) is 5.75 Å². The molecule has 0 fully saturated rings. The van der Waals surface area contributed by atoms with E-state index in [-0.39, 0.29) is 6.04 Å². The van der Waals surface area contributed by atoms with E-state index in [4.69, 9.17) is 10.5 Å². The number of nitrogens with zero attached hydrogens (tertiary/aromatic N) is 2. The Balaban J connectivity index is 2.18. The number of rotatable bonds is 4. The average molecular weight is 247 g/mol. The van der Waals surface area contributed by atoms with Crippen LogP contribution in [0.4, 0.5) is 0 Å². The van der Waals surface area contributed by atoms with Gasteiger partial charge in [0.2, 0.25) is 0 Å². The van der Waals surface area contributed by atoms with Crippen molar-refractivity contribution < 1.29 is 9.37 Å². The van der Waals surface area contributed by atoms with Gasteiger partial charge in [0.25, 0.3) is 0 Å². The summed E-state index contributed by atoms with van der Waals surface area (Å²) < 4.78 is 10.4. The zero-order valence-electron chi connectivity index (χ0n) is 10.8. The predicted molar refractivity (Wildman–Crippen MR) is 67.1 cm³/mol. The zero-order chi connectivity index (χ0) is 13.1. The standard InChI is InChI=1S/C13H17N3O2/c1-8-4-5-11(9(2)14)13(6-8)17-7-12-10(3)15-18-16-12/h4-6,9H,7,14H2,1-3H3/t9-/m0/s1. The largest absolute Gasteiger partial charge is 0.487 e. The summed E-state index contributed by atoms with van der Waals surface area (Å²) in [6, 6.07) is 5.91. The molecule has 5 heteroatoms. The Morgan fingerprint density at radius 2 is 2.11 bits per heavy atom. The normalized spacial score (nSPS) is 12.4. The summed E-state index contributed by atoms with van der Waals surface area (Å²) in [4.78, 5) is 0. The number of hydrogen-bond donors (Lipinski definition) is 1. The van der Waals surface area contributed by atoms with Crippen molar-refractivity contribution in [2.45, 2.75) is 33.4 Å². The summed E-state index contributed by atoms with van der Waals surface area (Å²) in [6.45, 7) is 6.11. The first kappa shape index (κ1) is 12.6. The molecule has 0 aliphatic rings. The molecular weight excluding hydrogens is 230 g/mol. The molecule has 0 bridgehead atoms. The van der Waals surface area contributed by atoms with Crippen LogP contribution in [-0.2, 0) is 6.61 Å². The first-order chi connectivity index (χ1) is 8.58. The van der Waals surface area contributed by atoms with Crippen LogP contribution in [0.3, 0.4) is 0 Å². The van der Waals surface area contributed by atoms with Crippen molar-refractivity contribution in [3.05, 3.63) is 40.7 Å². The summed E-state index contributed by atoms with van der Waals surface area (Å²) in [5.74, 6) is 0.785. The zero-order valence-corrected chi connectivity index (χ0v) is 10.8. The molecule has 96 valence electrons. The molecule has 0 saturated carbocycles. The van der Waals surface area contributed by atoms with Gasteiger partial charge in [-0.05, 0) is 32.4 Å². The Morgan fingerprint density at radius 1 is 1.33 bits per heavy atom. The van der Waals surface area contributed by atoms with Crippen LogP contribution in [-0.4, -0.2) is 10.3 Å². The third kappa shape index (κ3) is 2.68. The highest BCUT2D eigenvalue weighted by atomic mass is 16.6. The molecule has 0 amide bonds. The van der Waals surface area contributed by atoms with Crippen molar-refractivity contribution in [3.63, 3.8) is 0 Å². The van der Waals surface area contributed by atoms with Crippen molar-refractivity contribution in [1.82, 2.24) is 10.3 Å². The molecule has 18 heavy (non-hydrogen) atoms. The van der Waals surface area contributed by atoms with Gasteiger partial charge in [0.1, 0.15) is 23.7 Å². The maximum absolute atomic E-state index is 5.92. The van der Waals surface area contributed by atoms with Crippen molar-refractivity contribution in [2.24, 2.45) is 5.73 Å². The van der Waals surface area contributed by atoms with Crippen molar-refractivity contribution >= 4 is 0 Å². The molecule has 0 spiro atoms. The first-order valence-electron chi connectivity index (χ1n) is 5.85. The molecule has 1 aromatic carbocycles. The van der Waals surface area contributed by atoms with E-state index in [1.807, 2.05) is 39.0 Å². The lowest BCUT2D eigenvalue weighted by atomic mass is 10.1. The lowest BCUT2D eigenvalue weighted by molar-refractivity contribution is 0.268. The van der Waals surface area contributed by atoms with E-state index in [0.29, 0.717) is 12.3 Å². The van der Waals surface area contributed by atoms with Crippen LogP contribution in [0.2, 0.25) is 0 Å². The van der Waals surface area contributed by atoms with Gasteiger partial charge in [-0.3, -0.25) is 0 Å². The van der Waals surface area contributed by atoms with Crippen LogP contribution < -0.4 is 10.5 Å². The number of aromatic nitrogens is 2. The number of nitrogens with two attached hydrogens (primary N) is 1. The van der Waals surface area contributed by atoms with Gasteiger partial charge in [0.15, 0.2) is 0 Å². The smallest absolute Gasteiger partial charge is 0.145 e. The summed E-state index contributed by atoms with van der Waals surface area (Å²) >= 11 is 0. The van der Waals surface area contributed by atoms with Crippen LogP contribution in [0, 0.1) is 13.8 Å². The number of hydrogen-bond acceptors (Lipinski definition) is 5. The van der Waals surface area contributed by atoms with Crippen LogP contribution in [0.1, 0.15) is 35.5 Å². The monoisotopic (exact) mass is 247 g/mol. The Morgan fingerprint density at radius 3 is 2.72 bits per heavy atom. The Bertz CT molecular complexity index is 535. The Kier molecular flexibility index (Phi) is 3.62. The van der Waals surface area contributed by atoms with E-state index in [9.17, 15) is 0 Å². The fourth-order valence-corrected chi connectivity index (χ4v) is 1.67. The molecule has 0 radical (unpaired) electrons. The maximum Gasteiger partial charge on any atom is 0.145 e. The number of aryl methyl sites for hydroxylation is 2. The Labute approximate surface area is 106 Å². The maximum atomic E-state index is 5.92. The second kappa shape index (κ2) is 5.18. The third-order valence-corrected chi connectivity index (χ3v) is 2.77. The van der Waals surface area contributed by atoms with E-state index in [1.54, 1.807) is 0 Å². The molecule has 0 aliphatic carbocycles. The highest BCUT2D eigenvalue weighted by Crippen LogP contribution is 2.25. The molecule has 2 N–H and O–H groups in total. The molecule has 0 unspecified atom stereocenters. The van der Waals surface area contributed by atoms with E-state index in [2.05, 4.69) is 14.9 Å². The summed E-state index contributed by atoms with van der Waals surface area (Å²) in [7, 11) is 0. The highest BCUT2D eigenvalue weighted by molar-refractivity contribution is 5.39. The third-order valence-electron chi connectivity index (χ3n) is 2.77. The van der Waals surface area contributed by atoms with Gasteiger partial charge in [0, 0.05) is 11.6 Å². The van der Waals surface area contributed by atoms with Crippen LogP contribution in [0.25, 0.3) is 0 Å². The lowest BCUT2D eigenvalue weighted by Gasteiger charge is -2.14. The Hall–Kier alpha value is -1.88. The van der Waals surface area contributed by atoms with Gasteiger partial charge in [-0.2, -0.15) is 0 Å². The molecule has 2 rings (SSSR count). The van der Waals surface area contributed by atoms with E-state index < -0.39 is 0 Å². The second-order valence-electron chi connectivity index (χ2n) is 4.41. The van der Waals surface area contributed by atoms with E-state index in [0.717, 1.165) is 22.6 Å². The van der Waals surface area contributed by atoms with E-state index >= 15 is 0 Å². The molecule has 0 saturated heterocycles. The lowest BCUT2D eigenvalue weighted by Crippen LogP contribution is -2.08. The molecule has 1 heterocycles. The summed E-state index contributed by atoms with van der Waals surface area (Å²) in [5.41, 5.74) is 9.47. The highest BCUT2D eigenvalue weighted by Gasteiger charge is 2.11. The minimum atomic E-state index is -0.0721. The topological polar surface area (TPSA) is 74.2 Å². The fraction of sp³-hybridized carbons (Fsp3) is 0.385. The SMILES string of the molecule is Cc1ccc([C@H](C)N)c(OCc2nonc2C)c1. The minimum absolute atomic E-state index is 0.0721. The van der Waals surface area contributed by atoms with Crippen molar-refractivity contribution in [3.8, 4) is 5.75 Å². The predicted octanol–water partition coefficient (Wildman–Crippen LogP) is 2.29. The van der Waals surface area contributed by atoms with Gasteiger partial charge in [-0.15, -0.1) is 0 Å². The van der Waals surface area contributed by atoms with Gasteiger partial charge in [0.05, 0.1) is 0 Å². The fourth-order valence-electron chi connectivity index (χ4n) is 1.67. The van der Waals surface area contributed by atoms with Crippen molar-refractivity contribution in [1.29, 1.82) is 0 Å². The number of ether oxygens (including phenoxy) is 1. The minimum Gasteiger partial charge on any atom is -0.487 e. The average Bonchev–Trinajstić information content (AvgIpc) is 2.72. The molecule has 5 nitrogen and oxygen atoms in total. The molecule has 1 aromatic heterocycles. The van der Waals surface area contributed by atoms with E-state index in [1.165, 1.54) is 0 Å². The first-order valence-corrected chi connectivity index (χ1v) is 5.85. The number of benzene rings is 1. The van der Waals surface area contributed by atoms with Gasteiger partial charge in [-0.1, -0.05) is 22.4 Å². The molecular formula is C13H17N3O2. The van der Waals surface area contributed by atoms with Gasteiger partial charge in [-0.25, -0.2) is 4.63 Å². The van der Waals surface area contributed by atoms with Crippen LogP contribution >= 0.6 is 0 Å². The van der Waals surface area contributed by atoms with Gasteiger partial charge < -0.3 is 10.5 Å².